The summed E-state index contributed by atoms with van der Waals surface area (Å²) in [5, 5.41) is 0. The van der Waals surface area contributed by atoms with E-state index in [2.05, 4.69) is 40.3 Å². The molecule has 0 heteroatoms. The van der Waals surface area contributed by atoms with E-state index in [-0.39, 0.29) is 0 Å². The fourth-order valence-electron chi connectivity index (χ4n) is 3.06. The molecule has 1 aliphatic rings. The lowest BCUT2D eigenvalue weighted by atomic mass is 9.66. The van der Waals surface area contributed by atoms with Crippen LogP contribution < -0.4 is 0 Å². The highest BCUT2D eigenvalue weighted by Gasteiger charge is 2.32. The highest BCUT2D eigenvalue weighted by Crippen LogP contribution is 2.41. The largest absolute Gasteiger partial charge is 0.103 e. The summed E-state index contributed by atoms with van der Waals surface area (Å²) in [5.74, 6) is 4.29. The van der Waals surface area contributed by atoms with Gasteiger partial charge in [-0.05, 0) is 42.4 Å². The Morgan fingerprint density at radius 3 is 2.29 bits per heavy atom. The van der Waals surface area contributed by atoms with Crippen LogP contribution in [0.25, 0.3) is 0 Å². The van der Waals surface area contributed by atoms with Gasteiger partial charge in [-0.25, -0.2) is 0 Å². The van der Waals surface area contributed by atoms with Crippen molar-refractivity contribution in [3.05, 3.63) is 12.7 Å². The molecule has 4 unspecified atom stereocenters. The van der Waals surface area contributed by atoms with Crippen LogP contribution in [0.2, 0.25) is 0 Å². The maximum Gasteiger partial charge on any atom is -0.0233 e. The molecule has 0 amide bonds. The third-order valence-corrected chi connectivity index (χ3v) is 4.12. The monoisotopic (exact) mass is 194 g/mol. The topological polar surface area (TPSA) is 0 Å². The predicted molar refractivity (Wildman–Crippen MR) is 64.2 cm³/mol. The van der Waals surface area contributed by atoms with Crippen molar-refractivity contribution in [3.63, 3.8) is 0 Å². The van der Waals surface area contributed by atoms with E-state index in [9.17, 15) is 0 Å². The molecule has 0 nitrogen and oxygen atoms in total. The van der Waals surface area contributed by atoms with Gasteiger partial charge in [0.05, 0.1) is 0 Å². The smallest absolute Gasteiger partial charge is 0.0233 e. The van der Waals surface area contributed by atoms with Crippen LogP contribution >= 0.6 is 0 Å². The van der Waals surface area contributed by atoms with Crippen LogP contribution in [-0.2, 0) is 0 Å². The fraction of sp³-hybridized carbons (Fsp3) is 0.857. The van der Waals surface area contributed by atoms with Gasteiger partial charge in [0.25, 0.3) is 0 Å². The summed E-state index contributed by atoms with van der Waals surface area (Å²) in [4.78, 5) is 0. The summed E-state index contributed by atoms with van der Waals surface area (Å²) in [6.45, 7) is 13.5. The molecular weight excluding hydrogens is 168 g/mol. The highest BCUT2D eigenvalue weighted by molar-refractivity contribution is 4.89. The number of hydrogen-bond donors (Lipinski definition) is 0. The average Bonchev–Trinajstić information content (AvgIpc) is 2.16. The SMILES string of the molecule is C=CC(C)C1CC(C)CCC1C(C)C. The van der Waals surface area contributed by atoms with Crippen molar-refractivity contribution in [2.45, 2.75) is 47.0 Å². The standard InChI is InChI=1S/C14H26/c1-6-12(5)14-9-11(4)7-8-13(14)10(2)3/h6,10-14H,1,7-9H2,2-5H3. The van der Waals surface area contributed by atoms with E-state index in [0.29, 0.717) is 5.92 Å². The van der Waals surface area contributed by atoms with Gasteiger partial charge in [0.1, 0.15) is 0 Å². The van der Waals surface area contributed by atoms with Gasteiger partial charge in [0.15, 0.2) is 0 Å². The first kappa shape index (κ1) is 11.8. The van der Waals surface area contributed by atoms with Crippen molar-refractivity contribution < 1.29 is 0 Å². The molecule has 1 fully saturated rings. The fourth-order valence-corrected chi connectivity index (χ4v) is 3.06. The second-order valence-corrected chi connectivity index (χ2v) is 5.58. The minimum absolute atomic E-state index is 0.699. The van der Waals surface area contributed by atoms with Crippen molar-refractivity contribution in [3.8, 4) is 0 Å². The lowest BCUT2D eigenvalue weighted by molar-refractivity contribution is 0.115. The minimum Gasteiger partial charge on any atom is -0.103 e. The summed E-state index contributed by atoms with van der Waals surface area (Å²) >= 11 is 0. The highest BCUT2D eigenvalue weighted by atomic mass is 14.4. The molecule has 0 aromatic rings. The normalized spacial score (nSPS) is 35.6. The number of hydrogen-bond acceptors (Lipinski definition) is 0. The van der Waals surface area contributed by atoms with Crippen LogP contribution in [0.4, 0.5) is 0 Å². The van der Waals surface area contributed by atoms with E-state index in [1.54, 1.807) is 0 Å². The lowest BCUT2D eigenvalue weighted by Gasteiger charge is -2.40. The van der Waals surface area contributed by atoms with Gasteiger partial charge in [0, 0.05) is 0 Å². The van der Waals surface area contributed by atoms with Crippen LogP contribution in [0.5, 0.6) is 0 Å². The summed E-state index contributed by atoms with van der Waals surface area (Å²) in [7, 11) is 0. The van der Waals surface area contributed by atoms with Gasteiger partial charge in [-0.15, -0.1) is 6.58 Å². The van der Waals surface area contributed by atoms with Gasteiger partial charge in [-0.3, -0.25) is 0 Å². The molecular formula is C14H26. The first-order valence-electron chi connectivity index (χ1n) is 6.18. The molecule has 0 spiro atoms. The zero-order valence-corrected chi connectivity index (χ0v) is 10.3. The molecule has 0 heterocycles. The maximum absolute atomic E-state index is 3.95. The Morgan fingerprint density at radius 1 is 1.14 bits per heavy atom. The first-order chi connectivity index (χ1) is 6.56. The first-order valence-corrected chi connectivity index (χ1v) is 6.18. The summed E-state index contributed by atoms with van der Waals surface area (Å²) in [6.07, 6.45) is 6.43. The van der Waals surface area contributed by atoms with Crippen molar-refractivity contribution in [2.75, 3.05) is 0 Å². The van der Waals surface area contributed by atoms with Crippen LogP contribution in [0, 0.1) is 29.6 Å². The Balaban J connectivity index is 2.68. The minimum atomic E-state index is 0.699. The molecule has 0 N–H and O–H groups in total. The number of rotatable bonds is 3. The molecule has 82 valence electrons. The van der Waals surface area contributed by atoms with Crippen molar-refractivity contribution in [1.29, 1.82) is 0 Å². The third kappa shape index (κ3) is 2.62. The van der Waals surface area contributed by atoms with Crippen LogP contribution in [0.3, 0.4) is 0 Å². The van der Waals surface area contributed by atoms with E-state index in [0.717, 1.165) is 23.7 Å². The zero-order chi connectivity index (χ0) is 10.7. The average molecular weight is 194 g/mol. The Morgan fingerprint density at radius 2 is 1.79 bits per heavy atom. The van der Waals surface area contributed by atoms with Crippen molar-refractivity contribution >= 4 is 0 Å². The molecule has 0 radical (unpaired) electrons. The van der Waals surface area contributed by atoms with Crippen molar-refractivity contribution in [2.24, 2.45) is 29.6 Å². The van der Waals surface area contributed by atoms with Crippen LogP contribution in [0.1, 0.15) is 47.0 Å². The van der Waals surface area contributed by atoms with Crippen LogP contribution in [0.15, 0.2) is 12.7 Å². The molecule has 0 aromatic carbocycles. The lowest BCUT2D eigenvalue weighted by Crippen LogP contribution is -2.31. The van der Waals surface area contributed by atoms with Gasteiger partial charge in [-0.1, -0.05) is 40.2 Å². The zero-order valence-electron chi connectivity index (χ0n) is 10.3. The van der Waals surface area contributed by atoms with Gasteiger partial charge in [0.2, 0.25) is 0 Å². The Labute approximate surface area is 89.8 Å². The van der Waals surface area contributed by atoms with Gasteiger partial charge >= 0.3 is 0 Å². The second kappa shape index (κ2) is 5.00. The summed E-state index contributed by atoms with van der Waals surface area (Å²) in [5.41, 5.74) is 0. The Kier molecular flexibility index (Phi) is 4.22. The van der Waals surface area contributed by atoms with Gasteiger partial charge in [-0.2, -0.15) is 0 Å². The van der Waals surface area contributed by atoms with E-state index in [4.69, 9.17) is 0 Å². The third-order valence-electron chi connectivity index (χ3n) is 4.12. The predicted octanol–water partition coefficient (Wildman–Crippen LogP) is 4.52. The molecule has 1 saturated carbocycles. The number of allylic oxidation sites excluding steroid dienone is 1. The molecule has 4 atom stereocenters. The van der Waals surface area contributed by atoms with E-state index in [1.165, 1.54) is 19.3 Å². The molecule has 0 bridgehead atoms. The van der Waals surface area contributed by atoms with E-state index < -0.39 is 0 Å². The summed E-state index contributed by atoms with van der Waals surface area (Å²) < 4.78 is 0. The van der Waals surface area contributed by atoms with E-state index in [1.807, 2.05) is 0 Å². The van der Waals surface area contributed by atoms with Crippen molar-refractivity contribution in [1.82, 2.24) is 0 Å². The molecule has 1 rings (SSSR count). The molecule has 0 saturated heterocycles. The maximum atomic E-state index is 3.95. The summed E-state index contributed by atoms with van der Waals surface area (Å²) in [6, 6.07) is 0. The van der Waals surface area contributed by atoms with E-state index >= 15 is 0 Å². The molecule has 1 aliphatic carbocycles. The second-order valence-electron chi connectivity index (χ2n) is 5.58. The Bertz CT molecular complexity index is 180. The molecule has 0 aromatic heterocycles. The van der Waals surface area contributed by atoms with Crippen LogP contribution in [-0.4, -0.2) is 0 Å². The molecule has 14 heavy (non-hydrogen) atoms. The molecule has 0 aliphatic heterocycles. The Hall–Kier alpha value is -0.260. The quantitative estimate of drug-likeness (QED) is 0.580. The van der Waals surface area contributed by atoms with Gasteiger partial charge < -0.3 is 0 Å².